The van der Waals surface area contributed by atoms with Gasteiger partial charge in [-0.15, -0.1) is 11.8 Å². The Morgan fingerprint density at radius 2 is 2.40 bits per heavy atom. The first kappa shape index (κ1) is 6.86. The first-order valence-electron chi connectivity index (χ1n) is 3.58. The van der Waals surface area contributed by atoms with Crippen molar-refractivity contribution < 1.29 is 0 Å². The van der Waals surface area contributed by atoms with Gasteiger partial charge in [-0.25, -0.2) is 0 Å². The summed E-state index contributed by atoms with van der Waals surface area (Å²) in [5.41, 5.74) is 0. The van der Waals surface area contributed by atoms with E-state index in [1.165, 1.54) is 17.9 Å². The molecule has 1 heterocycles. The van der Waals surface area contributed by atoms with Gasteiger partial charge in [-0.2, -0.15) is 11.8 Å². The molecule has 0 bridgehead atoms. The number of allylic oxidation sites excluding steroid dienone is 3. The molecule has 1 unspecified atom stereocenters. The molecule has 2 rings (SSSR count). The first-order valence-corrected chi connectivity index (χ1v) is 5.61. The molecule has 0 radical (unpaired) electrons. The van der Waals surface area contributed by atoms with Crippen LogP contribution in [0.2, 0.25) is 0 Å². The summed E-state index contributed by atoms with van der Waals surface area (Å²) in [4.78, 5) is 1.60. The summed E-state index contributed by atoms with van der Waals surface area (Å²) in [6.07, 6.45) is 7.98. The Balaban J connectivity index is 2.14. The number of hydrogen-bond donors (Lipinski definition) is 0. The second-order valence-electron chi connectivity index (χ2n) is 2.44. The van der Waals surface area contributed by atoms with Crippen LogP contribution in [0, 0.1) is 0 Å². The van der Waals surface area contributed by atoms with E-state index in [2.05, 4.69) is 30.0 Å². The lowest BCUT2D eigenvalue weighted by molar-refractivity contribution is 1.03. The molecule has 0 amide bonds. The van der Waals surface area contributed by atoms with Crippen LogP contribution in [0.15, 0.2) is 23.1 Å². The van der Waals surface area contributed by atoms with Crippen LogP contribution in [-0.4, -0.2) is 16.8 Å². The van der Waals surface area contributed by atoms with E-state index in [1.54, 1.807) is 4.91 Å². The molecule has 0 nitrogen and oxygen atoms in total. The van der Waals surface area contributed by atoms with Crippen molar-refractivity contribution in [3.8, 4) is 0 Å². The van der Waals surface area contributed by atoms with E-state index in [0.717, 1.165) is 5.25 Å². The minimum atomic E-state index is 0.809. The van der Waals surface area contributed by atoms with E-state index in [1.807, 2.05) is 11.8 Å². The molecule has 0 saturated carbocycles. The van der Waals surface area contributed by atoms with Gasteiger partial charge in [-0.05, 0) is 11.3 Å². The van der Waals surface area contributed by atoms with Gasteiger partial charge >= 0.3 is 0 Å². The average Bonchev–Trinajstić information content (AvgIpc) is 2.05. The molecule has 0 aromatic heterocycles. The Morgan fingerprint density at radius 1 is 1.40 bits per heavy atom. The number of fused-ring (bicyclic) bond motifs is 1. The lowest BCUT2D eigenvalue weighted by Gasteiger charge is -2.24. The van der Waals surface area contributed by atoms with Gasteiger partial charge < -0.3 is 0 Å². The summed E-state index contributed by atoms with van der Waals surface area (Å²) in [7, 11) is 0. The van der Waals surface area contributed by atoms with Crippen LogP contribution in [0.5, 0.6) is 0 Å². The van der Waals surface area contributed by atoms with Crippen LogP contribution in [0.3, 0.4) is 0 Å². The lowest BCUT2D eigenvalue weighted by atomic mass is 10.2. The second kappa shape index (κ2) is 3.05. The van der Waals surface area contributed by atoms with Crippen molar-refractivity contribution in [3.05, 3.63) is 23.1 Å². The van der Waals surface area contributed by atoms with Gasteiger partial charge in [-0.3, -0.25) is 0 Å². The van der Waals surface area contributed by atoms with Gasteiger partial charge in [0.25, 0.3) is 0 Å². The molecular formula is C8H10S2. The Labute approximate surface area is 70.1 Å². The zero-order valence-corrected chi connectivity index (χ0v) is 7.38. The minimum absolute atomic E-state index is 0.809. The molecule has 2 aliphatic rings. The Morgan fingerprint density at radius 3 is 3.30 bits per heavy atom. The average molecular weight is 170 g/mol. The highest BCUT2D eigenvalue weighted by Gasteiger charge is 2.19. The maximum absolute atomic E-state index is 2.27. The topological polar surface area (TPSA) is 0 Å². The van der Waals surface area contributed by atoms with E-state index in [0.29, 0.717) is 0 Å². The largest absolute Gasteiger partial charge is 0.152 e. The zero-order valence-electron chi connectivity index (χ0n) is 5.75. The number of rotatable bonds is 0. The minimum Gasteiger partial charge on any atom is -0.152 e. The summed E-state index contributed by atoms with van der Waals surface area (Å²) in [6.45, 7) is 0. The fraction of sp³-hybridized carbons (Fsp3) is 0.500. The van der Waals surface area contributed by atoms with E-state index in [-0.39, 0.29) is 0 Å². The Hall–Kier alpha value is 0.180. The smallest absolute Gasteiger partial charge is 0.0391 e. The fourth-order valence-electron chi connectivity index (χ4n) is 1.23. The maximum atomic E-state index is 2.27. The summed E-state index contributed by atoms with van der Waals surface area (Å²) < 4.78 is 0. The third kappa shape index (κ3) is 1.28. The first-order chi connectivity index (χ1) is 4.97. The monoisotopic (exact) mass is 170 g/mol. The molecular weight excluding hydrogens is 160 g/mol. The zero-order chi connectivity index (χ0) is 6.81. The van der Waals surface area contributed by atoms with Gasteiger partial charge in [0.2, 0.25) is 0 Å². The molecule has 10 heavy (non-hydrogen) atoms. The standard InChI is InChI=1S/C8H10S2/c1-2-4-8-7(3-1)9-5-6-10-8/h1-3,8H,4-6H2. The molecule has 1 fully saturated rings. The quantitative estimate of drug-likeness (QED) is 0.548. The van der Waals surface area contributed by atoms with E-state index >= 15 is 0 Å². The highest BCUT2D eigenvalue weighted by molar-refractivity contribution is 8.09. The Kier molecular flexibility index (Phi) is 2.10. The summed E-state index contributed by atoms with van der Waals surface area (Å²) in [5, 5.41) is 0.809. The van der Waals surface area contributed by atoms with Crippen molar-refractivity contribution in [2.75, 3.05) is 11.5 Å². The van der Waals surface area contributed by atoms with Crippen molar-refractivity contribution in [2.45, 2.75) is 11.7 Å². The van der Waals surface area contributed by atoms with Crippen LogP contribution in [0.1, 0.15) is 6.42 Å². The second-order valence-corrected chi connectivity index (χ2v) is 4.92. The highest BCUT2D eigenvalue weighted by Crippen LogP contribution is 2.38. The highest BCUT2D eigenvalue weighted by atomic mass is 32.2. The lowest BCUT2D eigenvalue weighted by Crippen LogP contribution is -2.12. The molecule has 1 aliphatic carbocycles. The molecule has 0 aromatic rings. The maximum Gasteiger partial charge on any atom is 0.0391 e. The van der Waals surface area contributed by atoms with Crippen LogP contribution in [-0.2, 0) is 0 Å². The van der Waals surface area contributed by atoms with Crippen molar-refractivity contribution in [1.29, 1.82) is 0 Å². The van der Waals surface area contributed by atoms with Gasteiger partial charge in [0, 0.05) is 16.8 Å². The molecule has 1 aliphatic heterocycles. The molecule has 0 spiro atoms. The van der Waals surface area contributed by atoms with Gasteiger partial charge in [0.15, 0.2) is 0 Å². The summed E-state index contributed by atoms with van der Waals surface area (Å²) in [6, 6.07) is 0. The molecule has 0 aromatic carbocycles. The molecule has 54 valence electrons. The summed E-state index contributed by atoms with van der Waals surface area (Å²) in [5.74, 6) is 2.64. The normalized spacial score (nSPS) is 31.2. The predicted octanol–water partition coefficient (Wildman–Crippen LogP) is 2.68. The molecule has 2 heteroatoms. The van der Waals surface area contributed by atoms with Crippen molar-refractivity contribution in [2.24, 2.45) is 0 Å². The van der Waals surface area contributed by atoms with Crippen LogP contribution in [0.25, 0.3) is 0 Å². The van der Waals surface area contributed by atoms with Gasteiger partial charge in [0.05, 0.1) is 0 Å². The molecule has 0 N–H and O–H groups in total. The van der Waals surface area contributed by atoms with Gasteiger partial charge in [0.1, 0.15) is 0 Å². The van der Waals surface area contributed by atoms with Gasteiger partial charge in [-0.1, -0.05) is 18.2 Å². The van der Waals surface area contributed by atoms with Crippen LogP contribution in [0.4, 0.5) is 0 Å². The third-order valence-corrected chi connectivity index (χ3v) is 4.59. The van der Waals surface area contributed by atoms with Crippen LogP contribution >= 0.6 is 23.5 Å². The number of hydrogen-bond acceptors (Lipinski definition) is 2. The van der Waals surface area contributed by atoms with Crippen molar-refractivity contribution >= 4 is 23.5 Å². The predicted molar refractivity (Wildman–Crippen MR) is 50.5 cm³/mol. The molecule has 1 atom stereocenters. The van der Waals surface area contributed by atoms with E-state index in [9.17, 15) is 0 Å². The van der Waals surface area contributed by atoms with Crippen molar-refractivity contribution in [3.63, 3.8) is 0 Å². The van der Waals surface area contributed by atoms with E-state index < -0.39 is 0 Å². The third-order valence-electron chi connectivity index (χ3n) is 1.74. The SMILES string of the molecule is C1=CCC2SCCSC2=C1. The van der Waals surface area contributed by atoms with Crippen LogP contribution < -0.4 is 0 Å². The Bertz CT molecular complexity index is 182. The fourth-order valence-corrected chi connectivity index (χ4v) is 3.82. The molecule has 1 saturated heterocycles. The summed E-state index contributed by atoms with van der Waals surface area (Å²) >= 11 is 4.14. The van der Waals surface area contributed by atoms with Crippen molar-refractivity contribution in [1.82, 2.24) is 0 Å². The van der Waals surface area contributed by atoms with E-state index in [4.69, 9.17) is 0 Å². The number of thioether (sulfide) groups is 2.